The van der Waals surface area contributed by atoms with Crippen LogP contribution in [0.4, 0.5) is 17.1 Å². The third-order valence-corrected chi connectivity index (χ3v) is 8.87. The van der Waals surface area contributed by atoms with E-state index in [4.69, 9.17) is 6.85 Å². The van der Waals surface area contributed by atoms with Crippen molar-refractivity contribution in [1.29, 1.82) is 0 Å². The van der Waals surface area contributed by atoms with Gasteiger partial charge in [0.15, 0.2) is 0 Å². The van der Waals surface area contributed by atoms with Gasteiger partial charge in [0.05, 0.1) is 17.8 Å². The van der Waals surface area contributed by atoms with E-state index in [1.165, 1.54) is 4.90 Å². The molecule has 0 spiro atoms. The van der Waals surface area contributed by atoms with Gasteiger partial charge in [-0.2, -0.15) is 0 Å². The Labute approximate surface area is 317 Å². The molecule has 0 N–H and O–H groups in total. The molecule has 0 fully saturated rings. The largest absolute Gasteiger partial charge is 0.310 e. The Kier molecular flexibility index (Phi) is 5.08. The third kappa shape index (κ3) is 5.96. The first-order chi connectivity index (χ1) is 30.7. The molecule has 0 bridgehead atoms. The van der Waals surface area contributed by atoms with E-state index >= 15 is 0 Å². The fraction of sp³-hybridized carbons (Fsp3) is 0. The van der Waals surface area contributed by atoms with Crippen LogP contribution in [-0.2, 0) is 0 Å². The van der Waals surface area contributed by atoms with Crippen molar-refractivity contribution < 1.29 is 17.8 Å². The molecular weight excluding hydrogens is 615 g/mol. The number of fused-ring (bicyclic) bond motifs is 2. The van der Waals surface area contributed by atoms with Crippen LogP contribution in [-0.4, -0.2) is 0 Å². The molecule has 9 aromatic carbocycles. The molecule has 0 aliphatic rings. The monoisotopic (exact) mass is 662 g/mol. The highest BCUT2D eigenvalue weighted by atomic mass is 15.1. The van der Waals surface area contributed by atoms with Crippen molar-refractivity contribution in [1.82, 2.24) is 0 Å². The topological polar surface area (TPSA) is 3.24 Å². The summed E-state index contributed by atoms with van der Waals surface area (Å²) in [5, 5.41) is 3.48. The summed E-state index contributed by atoms with van der Waals surface area (Å²) in [7, 11) is 0. The highest BCUT2D eigenvalue weighted by molar-refractivity contribution is 6.04. The van der Waals surface area contributed by atoms with Crippen LogP contribution in [0.5, 0.6) is 0 Å². The van der Waals surface area contributed by atoms with Crippen LogP contribution in [0.1, 0.15) is 17.8 Å². The molecule has 0 atom stereocenters. The van der Waals surface area contributed by atoms with E-state index < -0.39 is 95.4 Å². The molecule has 0 unspecified atom stereocenters. The van der Waals surface area contributed by atoms with Crippen LogP contribution < -0.4 is 4.90 Å². The number of anilines is 3. The van der Waals surface area contributed by atoms with Crippen molar-refractivity contribution in [3.63, 3.8) is 0 Å². The van der Waals surface area contributed by atoms with Gasteiger partial charge in [0, 0.05) is 17.1 Å². The summed E-state index contributed by atoms with van der Waals surface area (Å²) in [6.45, 7) is 0. The van der Waals surface area contributed by atoms with Gasteiger partial charge in [-0.25, -0.2) is 0 Å². The van der Waals surface area contributed by atoms with Crippen molar-refractivity contribution in [2.45, 2.75) is 0 Å². The van der Waals surface area contributed by atoms with E-state index in [9.17, 15) is 11.0 Å². The summed E-state index contributed by atoms with van der Waals surface area (Å²) in [4.78, 5) is 1.20. The van der Waals surface area contributed by atoms with E-state index in [0.717, 1.165) is 27.3 Å². The van der Waals surface area contributed by atoms with Gasteiger partial charge in [-0.3, -0.25) is 0 Å². The minimum Gasteiger partial charge on any atom is -0.310 e. The summed E-state index contributed by atoms with van der Waals surface area (Å²) < 4.78 is 118. The summed E-state index contributed by atoms with van der Waals surface area (Å²) in [6.07, 6.45) is 0. The molecule has 240 valence electrons. The molecule has 0 amide bonds. The van der Waals surface area contributed by atoms with E-state index in [0.29, 0.717) is 22.1 Å². The van der Waals surface area contributed by atoms with Crippen molar-refractivity contribution >= 4 is 38.6 Å². The fourth-order valence-electron chi connectivity index (χ4n) is 6.42. The Morgan fingerprint density at radius 3 is 1.69 bits per heavy atom. The number of hydrogen-bond acceptors (Lipinski definition) is 1. The van der Waals surface area contributed by atoms with Crippen LogP contribution in [0.3, 0.4) is 0 Å². The van der Waals surface area contributed by atoms with E-state index in [2.05, 4.69) is 0 Å². The summed E-state index contributed by atoms with van der Waals surface area (Å²) >= 11 is 0. The Morgan fingerprint density at radius 1 is 0.333 bits per heavy atom. The van der Waals surface area contributed by atoms with Gasteiger partial charge in [-0.15, -0.1) is 0 Å². The Balaban J connectivity index is 1.35. The highest BCUT2D eigenvalue weighted by Crippen LogP contribution is 2.42. The van der Waals surface area contributed by atoms with Crippen LogP contribution in [0.25, 0.3) is 66.1 Å². The first kappa shape index (κ1) is 19.5. The Morgan fingerprint density at radius 2 is 0.922 bits per heavy atom. The maximum atomic E-state index is 9.73. The Hall–Kier alpha value is -6.70. The van der Waals surface area contributed by atoms with Crippen LogP contribution in [0.2, 0.25) is 0 Å². The van der Waals surface area contributed by atoms with Crippen LogP contribution in [0, 0.1) is 0 Å². The SMILES string of the molecule is [2H]c1c([2H])c([2H])c(-c2c([2H])c([2H])c(N(c3cccc(-c4ccc5ccccc5c4)c3)c3c([2H])c([2H])c(-c4c(-c5ccccc5)ccc5ccccc45)c([2H])c3[2H])c([2H])c2[2H])c([2H])c1[2H]. The highest BCUT2D eigenvalue weighted by Gasteiger charge is 2.17. The van der Waals surface area contributed by atoms with E-state index in [-0.39, 0.29) is 16.9 Å². The van der Waals surface area contributed by atoms with Crippen molar-refractivity contribution in [3.8, 4) is 44.5 Å². The number of nitrogens with zero attached hydrogens (tertiary/aromatic N) is 1. The molecule has 51 heavy (non-hydrogen) atoms. The number of benzene rings is 9. The minimum atomic E-state index is -0.736. The molecule has 9 rings (SSSR count). The zero-order valence-electron chi connectivity index (χ0n) is 40.1. The maximum absolute atomic E-state index is 9.73. The Bertz CT molecular complexity index is 3300. The second-order valence-electron chi connectivity index (χ2n) is 12.0. The average Bonchev–Trinajstić information content (AvgIpc) is 3.32. The van der Waals surface area contributed by atoms with Gasteiger partial charge in [0.25, 0.3) is 0 Å². The second-order valence-corrected chi connectivity index (χ2v) is 12.0. The van der Waals surface area contributed by atoms with Gasteiger partial charge >= 0.3 is 0 Å². The molecule has 0 aromatic heterocycles. The maximum Gasteiger partial charge on any atom is 0.0645 e. The van der Waals surface area contributed by atoms with E-state index in [1.54, 1.807) is 18.2 Å². The molecule has 1 nitrogen and oxygen atoms in total. The standard InChI is InChI=1S/C50H35N/c1-3-12-36(13-4-1)38-24-29-45(30-25-38)51(47-20-11-19-43(35-47)44-23-22-37-14-7-8-18-42(37)34-44)46-31-26-41(27-32-46)50-48-21-10-9-17-40(48)28-33-49(50)39-15-5-2-6-16-39/h1-35H/i1D,3D,4D,12D,13D,24D,25D,26D,27D,29D,30D,31D,32D. The quantitative estimate of drug-likeness (QED) is 0.164. The third-order valence-electron chi connectivity index (χ3n) is 8.87. The minimum absolute atomic E-state index is 0.0235. The number of hydrogen-bond donors (Lipinski definition) is 0. The smallest absolute Gasteiger partial charge is 0.0645 e. The van der Waals surface area contributed by atoms with Gasteiger partial charge in [-0.05, 0) is 108 Å². The molecule has 0 heterocycles. The lowest BCUT2D eigenvalue weighted by Crippen LogP contribution is -2.10. The van der Waals surface area contributed by atoms with Gasteiger partial charge in [0.2, 0.25) is 0 Å². The number of rotatable bonds is 7. The molecule has 0 aliphatic heterocycles. The van der Waals surface area contributed by atoms with E-state index in [1.807, 2.05) is 115 Å². The van der Waals surface area contributed by atoms with Crippen LogP contribution >= 0.6 is 0 Å². The van der Waals surface area contributed by atoms with Crippen molar-refractivity contribution in [3.05, 3.63) is 212 Å². The molecule has 9 aromatic rings. The summed E-state index contributed by atoms with van der Waals surface area (Å²) in [5.74, 6) is 0. The summed E-state index contributed by atoms with van der Waals surface area (Å²) in [6, 6.07) is 33.0. The van der Waals surface area contributed by atoms with Crippen molar-refractivity contribution in [2.24, 2.45) is 0 Å². The lowest BCUT2D eigenvalue weighted by Gasteiger charge is -2.27. The molecule has 0 saturated carbocycles. The molecule has 0 aliphatic carbocycles. The normalized spacial score (nSPS) is 14.7. The zero-order valence-corrected chi connectivity index (χ0v) is 27.1. The summed E-state index contributed by atoms with van der Waals surface area (Å²) in [5.41, 5.74) is 1.76. The molecular formula is C50H35N. The predicted octanol–water partition coefficient (Wildman–Crippen LogP) is 14.1. The first-order valence-corrected chi connectivity index (χ1v) is 16.5. The average molecular weight is 663 g/mol. The van der Waals surface area contributed by atoms with Crippen LogP contribution in [0.15, 0.2) is 212 Å². The van der Waals surface area contributed by atoms with Gasteiger partial charge in [-0.1, -0.05) is 170 Å². The fourth-order valence-corrected chi connectivity index (χ4v) is 6.42. The van der Waals surface area contributed by atoms with Gasteiger partial charge in [0.1, 0.15) is 0 Å². The lowest BCUT2D eigenvalue weighted by molar-refractivity contribution is 1.28. The predicted molar refractivity (Wildman–Crippen MR) is 218 cm³/mol. The lowest BCUT2D eigenvalue weighted by atomic mass is 9.89. The second kappa shape index (κ2) is 13.3. The van der Waals surface area contributed by atoms with Gasteiger partial charge < -0.3 is 4.90 Å². The zero-order chi connectivity index (χ0) is 45.3. The molecule has 0 radical (unpaired) electrons. The first-order valence-electron chi connectivity index (χ1n) is 23.0. The molecule has 1 heteroatoms. The van der Waals surface area contributed by atoms with Crippen molar-refractivity contribution in [2.75, 3.05) is 4.90 Å². The molecule has 0 saturated heterocycles.